The van der Waals surface area contributed by atoms with Gasteiger partial charge in [-0.1, -0.05) is 36.4 Å². The van der Waals surface area contributed by atoms with Crippen LogP contribution in [0, 0.1) is 22.7 Å². The van der Waals surface area contributed by atoms with E-state index in [4.69, 9.17) is 0 Å². The quantitative estimate of drug-likeness (QED) is 0.149. The van der Waals surface area contributed by atoms with Crippen molar-refractivity contribution >= 4 is 43.6 Å². The van der Waals surface area contributed by atoms with Gasteiger partial charge in [-0.25, -0.2) is 0 Å². The first-order valence-corrected chi connectivity index (χ1v) is 27.9. The van der Waals surface area contributed by atoms with Crippen molar-refractivity contribution in [3.05, 3.63) is 238 Å². The van der Waals surface area contributed by atoms with Crippen LogP contribution in [-0.2, 0) is 49.4 Å². The Morgan fingerprint density at radius 1 is 0.224 bits per heavy atom. The summed E-state index contributed by atoms with van der Waals surface area (Å²) >= 11 is 0. The molecular weight excluding hydrogens is 1350 g/mol. The minimum absolute atomic E-state index is 0.00176. The molecule has 0 aliphatic rings. The fourth-order valence-corrected chi connectivity index (χ4v) is 11.8. The van der Waals surface area contributed by atoms with Crippen molar-refractivity contribution in [2.45, 2.75) is 49.4 Å². The minimum atomic E-state index is -5.39. The largest absolute Gasteiger partial charge is 0.416 e. The molecule has 98 heavy (non-hydrogen) atoms. The number of nitrogens with zero attached hydrogens (tertiary/aromatic N) is 4. The third-order valence-electron chi connectivity index (χ3n) is 16.2. The lowest BCUT2D eigenvalue weighted by Gasteiger charge is -2.19. The SMILES string of the molecule is N#Cc1cccc(-c2cc(-n3c4ccc(-c5cc(C(F)(F)F)cc(C(F)(F)F)c5)cc4c4cc(-c5cc(C(F)(F)F)cc(C(F)(F)F)c5)ccc43)c(C#N)c(-n3c4ccc(-c5cc(C(F)(F)F)cc(C(F)(F)F)c5)cc4c4cc(-c5cc(C(F)(F)F)cc(C(F)(F)F)c5)ccc43)c2)c1. The van der Waals surface area contributed by atoms with Crippen LogP contribution in [-0.4, -0.2) is 9.13 Å². The van der Waals surface area contributed by atoms with E-state index in [0.29, 0.717) is 48.5 Å². The number of aromatic nitrogens is 2. The van der Waals surface area contributed by atoms with Crippen LogP contribution in [0.25, 0.3) is 111 Å². The Morgan fingerprint density at radius 3 is 0.663 bits per heavy atom. The van der Waals surface area contributed by atoms with E-state index in [2.05, 4.69) is 6.07 Å². The van der Waals surface area contributed by atoms with E-state index in [1.165, 1.54) is 45.5 Å². The lowest BCUT2D eigenvalue weighted by atomic mass is 9.96. The van der Waals surface area contributed by atoms with Gasteiger partial charge in [-0.05, 0) is 201 Å². The molecule has 0 unspecified atom stereocenters. The van der Waals surface area contributed by atoms with Crippen molar-refractivity contribution in [3.63, 3.8) is 0 Å². The highest BCUT2D eigenvalue weighted by Gasteiger charge is 2.42. The van der Waals surface area contributed by atoms with Crippen LogP contribution < -0.4 is 0 Å². The van der Waals surface area contributed by atoms with Crippen LogP contribution in [0.3, 0.4) is 0 Å². The molecule has 0 bridgehead atoms. The molecule has 0 saturated carbocycles. The Bertz CT molecular complexity index is 4670. The number of fused-ring (bicyclic) bond motifs is 6. The summed E-state index contributed by atoms with van der Waals surface area (Å²) in [5, 5.41) is 21.0. The third-order valence-corrected chi connectivity index (χ3v) is 16.2. The maximum atomic E-state index is 14.4. The average Bonchev–Trinajstić information content (AvgIpc) is 1.55. The number of nitriles is 2. The fraction of sp³-hybridized carbons (Fsp3) is 0.114. The standard InChI is InChI=1S/C70H30F24N4/c71-63(72,73)44-13-39(14-45(27-44)64(74,75)76)35-4-8-57-52(21-35)53-22-36(40-15-46(65(77,78)79)28-47(16-40)66(80,81)82)5-9-58(53)97(57)61-25-43(34-3-1-2-33(12-34)31-95)26-62(56(61)32-96)98-59-10-6-37(41-17-48(67(83,84)85)29-49(18-41)68(86,87)88)23-54(59)55-24-38(7-11-60(55)98)42-19-50(69(89,90)91)30-51(20-42)70(92,93)94/h1-30H. The van der Waals surface area contributed by atoms with E-state index in [-0.39, 0.29) is 118 Å². The normalized spacial score (nSPS) is 13.1. The topological polar surface area (TPSA) is 57.4 Å². The van der Waals surface area contributed by atoms with Crippen molar-refractivity contribution in [1.29, 1.82) is 10.5 Å². The molecule has 0 saturated heterocycles. The zero-order valence-electron chi connectivity index (χ0n) is 48.2. The van der Waals surface area contributed by atoms with Crippen LogP contribution in [0.4, 0.5) is 105 Å². The highest BCUT2D eigenvalue weighted by molar-refractivity contribution is 6.14. The van der Waals surface area contributed by atoms with Crippen LogP contribution in [0.5, 0.6) is 0 Å². The predicted molar refractivity (Wildman–Crippen MR) is 312 cm³/mol. The van der Waals surface area contributed by atoms with Gasteiger partial charge in [0.25, 0.3) is 0 Å². The summed E-state index contributed by atoms with van der Waals surface area (Å²) in [7, 11) is 0. The van der Waals surface area contributed by atoms with E-state index in [1.807, 2.05) is 6.07 Å². The molecule has 2 aromatic heterocycles. The lowest BCUT2D eigenvalue weighted by molar-refractivity contribution is -0.144. The maximum Gasteiger partial charge on any atom is 0.416 e. The van der Waals surface area contributed by atoms with Gasteiger partial charge in [-0.15, -0.1) is 0 Å². The highest BCUT2D eigenvalue weighted by Crippen LogP contribution is 2.49. The molecule has 2 heterocycles. The first-order valence-electron chi connectivity index (χ1n) is 27.9. The summed E-state index contributed by atoms with van der Waals surface area (Å²) in [4.78, 5) is 0. The molecule has 0 radical (unpaired) electrons. The van der Waals surface area contributed by atoms with Gasteiger partial charge in [0, 0.05) is 21.5 Å². The van der Waals surface area contributed by atoms with Gasteiger partial charge < -0.3 is 9.13 Å². The second kappa shape index (κ2) is 22.9. The second-order valence-electron chi connectivity index (χ2n) is 22.5. The van der Waals surface area contributed by atoms with Gasteiger partial charge in [0.1, 0.15) is 11.6 Å². The van der Waals surface area contributed by atoms with Crippen LogP contribution >= 0.6 is 0 Å². The fourth-order valence-electron chi connectivity index (χ4n) is 11.8. The van der Waals surface area contributed by atoms with Crippen LogP contribution in [0.15, 0.2) is 182 Å². The summed E-state index contributed by atoms with van der Waals surface area (Å²) in [6, 6.07) is 27.6. The van der Waals surface area contributed by atoms with Crippen LogP contribution in [0.2, 0.25) is 0 Å². The molecule has 0 spiro atoms. The van der Waals surface area contributed by atoms with E-state index >= 15 is 0 Å². The number of hydrogen-bond acceptors (Lipinski definition) is 2. The van der Waals surface area contributed by atoms with Gasteiger partial charge in [0.05, 0.1) is 89.6 Å². The van der Waals surface area contributed by atoms with Crippen LogP contribution in [0.1, 0.15) is 55.6 Å². The van der Waals surface area contributed by atoms with E-state index in [0.717, 1.165) is 72.8 Å². The van der Waals surface area contributed by atoms with Crippen molar-refractivity contribution in [2.24, 2.45) is 0 Å². The molecule has 4 nitrogen and oxygen atoms in total. The first kappa shape index (κ1) is 67.1. The van der Waals surface area contributed by atoms with Crippen molar-refractivity contribution < 1.29 is 105 Å². The van der Waals surface area contributed by atoms with E-state index < -0.39 is 122 Å². The molecule has 0 atom stereocenters. The molecule has 0 aliphatic carbocycles. The highest BCUT2D eigenvalue weighted by atomic mass is 19.4. The molecule has 498 valence electrons. The second-order valence-corrected chi connectivity index (χ2v) is 22.5. The molecule has 0 aliphatic heterocycles. The van der Waals surface area contributed by atoms with E-state index in [9.17, 15) is 116 Å². The van der Waals surface area contributed by atoms with E-state index in [1.54, 1.807) is 0 Å². The molecule has 0 amide bonds. The monoisotopic (exact) mass is 1380 g/mol. The average molecular weight is 1380 g/mol. The van der Waals surface area contributed by atoms with Gasteiger partial charge >= 0.3 is 49.4 Å². The molecule has 28 heteroatoms. The number of alkyl halides is 24. The van der Waals surface area contributed by atoms with Gasteiger partial charge in [-0.3, -0.25) is 0 Å². The summed E-state index contributed by atoms with van der Waals surface area (Å²) in [5.41, 5.74) is -19.9. The molecule has 10 aromatic carbocycles. The van der Waals surface area contributed by atoms with Crippen molar-refractivity contribution in [1.82, 2.24) is 9.13 Å². The molecule has 0 fully saturated rings. The zero-order valence-corrected chi connectivity index (χ0v) is 48.2. The van der Waals surface area contributed by atoms with Gasteiger partial charge in [0.15, 0.2) is 0 Å². The first-order chi connectivity index (χ1) is 45.5. The Kier molecular flexibility index (Phi) is 15.7. The zero-order chi connectivity index (χ0) is 71.1. The molecular formula is C70H30F24N4. The minimum Gasteiger partial charge on any atom is -0.308 e. The van der Waals surface area contributed by atoms with Gasteiger partial charge in [0.2, 0.25) is 0 Å². The Balaban J connectivity index is 1.21. The van der Waals surface area contributed by atoms with Crippen molar-refractivity contribution in [3.8, 4) is 79.1 Å². The molecule has 12 aromatic rings. The molecule has 0 N–H and O–H groups in total. The summed E-state index contributed by atoms with van der Waals surface area (Å²) in [6.07, 6.45) is -43.1. The smallest absolute Gasteiger partial charge is 0.308 e. The van der Waals surface area contributed by atoms with Crippen molar-refractivity contribution in [2.75, 3.05) is 0 Å². The number of hydrogen-bond donors (Lipinski definition) is 0. The maximum absolute atomic E-state index is 14.4. The summed E-state index contributed by atoms with van der Waals surface area (Å²) in [5.74, 6) is 0. The lowest BCUT2D eigenvalue weighted by Crippen LogP contribution is -2.11. The number of rotatable bonds is 7. The summed E-state index contributed by atoms with van der Waals surface area (Å²) < 4.78 is 347. The Morgan fingerprint density at radius 2 is 0.449 bits per heavy atom. The predicted octanol–water partition coefficient (Wildman–Crippen LogP) is 24.1. The summed E-state index contributed by atoms with van der Waals surface area (Å²) in [6.45, 7) is 0. The Labute approximate surface area is 533 Å². The van der Waals surface area contributed by atoms with Gasteiger partial charge in [-0.2, -0.15) is 116 Å². The number of benzene rings is 10. The number of halogens is 24. The third kappa shape index (κ3) is 12.5. The Hall–Kier alpha value is -10.9. The molecule has 12 rings (SSSR count).